The van der Waals surface area contributed by atoms with Gasteiger partial charge >= 0.3 is 0 Å². The molecule has 1 N–H and O–H groups in total. The molecule has 0 saturated heterocycles. The van der Waals surface area contributed by atoms with E-state index in [1.165, 1.54) is 10.6 Å². The van der Waals surface area contributed by atoms with E-state index in [0.717, 1.165) is 22.1 Å². The molecule has 2 nitrogen and oxygen atoms in total. The molecule has 0 fully saturated rings. The number of benzene rings is 1. The molecular weight excluding hydrogens is 276 g/mol. The Balaban J connectivity index is 2.45. The number of hydrogen-bond donors (Lipinski definition) is 1. The number of rotatable bonds is 3. The van der Waals surface area contributed by atoms with Gasteiger partial charge in [-0.15, -0.1) is 11.3 Å². The Morgan fingerprint density at radius 3 is 2.37 bits per heavy atom. The maximum atomic E-state index is 5.93. The summed E-state index contributed by atoms with van der Waals surface area (Å²) in [6.45, 7) is 7.46. The second-order valence-electron chi connectivity index (χ2n) is 5.58. The van der Waals surface area contributed by atoms with Crippen molar-refractivity contribution in [1.29, 1.82) is 0 Å². The number of aromatic nitrogens is 1. The minimum atomic E-state index is 0.0629. The van der Waals surface area contributed by atoms with Crippen LogP contribution in [0.2, 0.25) is 5.02 Å². The number of halogens is 1. The third kappa shape index (κ3) is 3.35. The zero-order valence-electron chi connectivity index (χ0n) is 11.7. The molecule has 102 valence electrons. The van der Waals surface area contributed by atoms with Crippen molar-refractivity contribution in [2.45, 2.75) is 32.7 Å². The molecule has 0 unspecified atom stereocenters. The minimum absolute atomic E-state index is 0.0629. The van der Waals surface area contributed by atoms with E-state index in [1.807, 2.05) is 31.3 Å². The summed E-state index contributed by atoms with van der Waals surface area (Å²) in [5.74, 6) is 0. The van der Waals surface area contributed by atoms with E-state index in [2.05, 4.69) is 26.1 Å². The van der Waals surface area contributed by atoms with Crippen molar-refractivity contribution in [1.82, 2.24) is 10.3 Å². The van der Waals surface area contributed by atoms with E-state index < -0.39 is 0 Å². The van der Waals surface area contributed by atoms with E-state index in [9.17, 15) is 0 Å². The van der Waals surface area contributed by atoms with Gasteiger partial charge in [-0.1, -0.05) is 44.5 Å². The van der Waals surface area contributed by atoms with Crippen LogP contribution in [-0.2, 0) is 12.0 Å². The average molecular weight is 295 g/mol. The van der Waals surface area contributed by atoms with Gasteiger partial charge in [-0.25, -0.2) is 4.98 Å². The zero-order valence-corrected chi connectivity index (χ0v) is 13.3. The molecule has 4 heteroatoms. The van der Waals surface area contributed by atoms with Crippen molar-refractivity contribution in [2.24, 2.45) is 0 Å². The Morgan fingerprint density at radius 2 is 1.84 bits per heavy atom. The predicted molar refractivity (Wildman–Crippen MR) is 84.0 cm³/mol. The van der Waals surface area contributed by atoms with Gasteiger partial charge in [0, 0.05) is 27.4 Å². The average Bonchev–Trinajstić information content (AvgIpc) is 2.74. The molecule has 0 aliphatic carbocycles. The van der Waals surface area contributed by atoms with Crippen molar-refractivity contribution in [2.75, 3.05) is 7.05 Å². The molecule has 19 heavy (non-hydrogen) atoms. The molecule has 1 aromatic heterocycles. The van der Waals surface area contributed by atoms with Gasteiger partial charge in [-0.3, -0.25) is 0 Å². The fourth-order valence-corrected chi connectivity index (χ4v) is 3.35. The van der Waals surface area contributed by atoms with Gasteiger partial charge in [0.1, 0.15) is 5.01 Å². The van der Waals surface area contributed by atoms with Gasteiger partial charge in [0.05, 0.1) is 5.69 Å². The van der Waals surface area contributed by atoms with Gasteiger partial charge in [-0.05, 0) is 19.2 Å². The van der Waals surface area contributed by atoms with E-state index in [0.29, 0.717) is 0 Å². The maximum Gasteiger partial charge on any atom is 0.123 e. The summed E-state index contributed by atoms with van der Waals surface area (Å²) in [4.78, 5) is 6.14. The van der Waals surface area contributed by atoms with Crippen LogP contribution in [-0.4, -0.2) is 12.0 Å². The first-order valence-corrected chi connectivity index (χ1v) is 7.52. The fraction of sp³-hybridized carbons (Fsp3) is 0.400. The summed E-state index contributed by atoms with van der Waals surface area (Å²) >= 11 is 7.68. The lowest BCUT2D eigenvalue weighted by molar-refractivity contribution is 0.563. The number of hydrogen-bond acceptors (Lipinski definition) is 3. The van der Waals surface area contributed by atoms with E-state index in [-0.39, 0.29) is 5.41 Å². The Morgan fingerprint density at radius 1 is 1.21 bits per heavy atom. The molecular formula is C15H19ClN2S. The Labute approximate surface area is 123 Å². The van der Waals surface area contributed by atoms with Crippen LogP contribution < -0.4 is 5.32 Å². The van der Waals surface area contributed by atoms with Gasteiger partial charge < -0.3 is 5.32 Å². The van der Waals surface area contributed by atoms with Gasteiger partial charge in [0.15, 0.2) is 0 Å². The minimum Gasteiger partial charge on any atom is -0.315 e. The number of thiazole rings is 1. The molecule has 0 aliphatic rings. The molecule has 2 aromatic rings. The Kier molecular flexibility index (Phi) is 4.29. The summed E-state index contributed by atoms with van der Waals surface area (Å²) in [7, 11) is 1.97. The van der Waals surface area contributed by atoms with E-state index in [4.69, 9.17) is 16.6 Å². The summed E-state index contributed by atoms with van der Waals surface area (Å²) in [6, 6.07) is 7.87. The smallest absolute Gasteiger partial charge is 0.123 e. The summed E-state index contributed by atoms with van der Waals surface area (Å²) < 4.78 is 0. The highest BCUT2D eigenvalue weighted by molar-refractivity contribution is 7.15. The third-order valence-corrected chi connectivity index (χ3v) is 4.19. The predicted octanol–water partition coefficient (Wildman–Crippen LogP) is 4.48. The second kappa shape index (κ2) is 5.61. The van der Waals surface area contributed by atoms with Crippen molar-refractivity contribution in [3.8, 4) is 10.6 Å². The van der Waals surface area contributed by atoms with Gasteiger partial charge in [0.25, 0.3) is 0 Å². The molecule has 1 heterocycles. The van der Waals surface area contributed by atoms with Crippen LogP contribution in [0.15, 0.2) is 24.3 Å². The lowest BCUT2D eigenvalue weighted by atomic mass is 9.91. The lowest BCUT2D eigenvalue weighted by Gasteiger charge is -2.17. The molecule has 0 bridgehead atoms. The quantitative estimate of drug-likeness (QED) is 0.903. The highest BCUT2D eigenvalue weighted by Crippen LogP contribution is 2.34. The molecule has 0 radical (unpaired) electrons. The molecule has 0 amide bonds. The Hall–Kier alpha value is -0.900. The maximum absolute atomic E-state index is 5.93. The Bertz CT molecular complexity index is 553. The number of nitrogens with one attached hydrogen (secondary N) is 1. The monoisotopic (exact) mass is 294 g/mol. The molecule has 2 rings (SSSR count). The SMILES string of the molecule is CNCc1sc(-c2ccc(Cl)cc2)nc1C(C)(C)C. The van der Waals surface area contributed by atoms with Crippen LogP contribution in [0.25, 0.3) is 10.6 Å². The van der Waals surface area contributed by atoms with Crippen LogP contribution in [0.1, 0.15) is 31.3 Å². The van der Waals surface area contributed by atoms with Crippen molar-refractivity contribution in [3.05, 3.63) is 39.9 Å². The fourth-order valence-electron chi connectivity index (χ4n) is 1.93. The van der Waals surface area contributed by atoms with E-state index >= 15 is 0 Å². The van der Waals surface area contributed by atoms with Gasteiger partial charge in [0.2, 0.25) is 0 Å². The summed E-state index contributed by atoms with van der Waals surface area (Å²) in [5.41, 5.74) is 2.37. The zero-order chi connectivity index (χ0) is 14.0. The second-order valence-corrected chi connectivity index (χ2v) is 7.10. The molecule has 1 aromatic carbocycles. The van der Waals surface area contributed by atoms with Crippen LogP contribution in [0, 0.1) is 0 Å². The van der Waals surface area contributed by atoms with Gasteiger partial charge in [-0.2, -0.15) is 0 Å². The molecule has 0 atom stereocenters. The topological polar surface area (TPSA) is 24.9 Å². The summed E-state index contributed by atoms with van der Waals surface area (Å²) in [5, 5.41) is 5.04. The van der Waals surface area contributed by atoms with Crippen molar-refractivity contribution in [3.63, 3.8) is 0 Å². The highest BCUT2D eigenvalue weighted by atomic mass is 35.5. The third-order valence-electron chi connectivity index (χ3n) is 2.84. The normalized spacial score (nSPS) is 11.8. The lowest BCUT2D eigenvalue weighted by Crippen LogP contribution is -2.16. The van der Waals surface area contributed by atoms with Crippen LogP contribution in [0.5, 0.6) is 0 Å². The first kappa shape index (κ1) is 14.5. The largest absolute Gasteiger partial charge is 0.315 e. The molecule has 0 spiro atoms. The first-order valence-electron chi connectivity index (χ1n) is 6.32. The highest BCUT2D eigenvalue weighted by Gasteiger charge is 2.23. The van der Waals surface area contributed by atoms with Crippen molar-refractivity contribution < 1.29 is 0 Å². The first-order chi connectivity index (χ1) is 8.91. The molecule has 0 aliphatic heterocycles. The van der Waals surface area contributed by atoms with Crippen LogP contribution in [0.4, 0.5) is 0 Å². The van der Waals surface area contributed by atoms with Crippen LogP contribution in [0.3, 0.4) is 0 Å². The number of nitrogens with zero attached hydrogens (tertiary/aromatic N) is 1. The van der Waals surface area contributed by atoms with Crippen LogP contribution >= 0.6 is 22.9 Å². The van der Waals surface area contributed by atoms with E-state index in [1.54, 1.807) is 11.3 Å². The molecule has 0 saturated carbocycles. The summed E-state index contributed by atoms with van der Waals surface area (Å²) in [6.07, 6.45) is 0. The standard InChI is InChI=1S/C15H19ClN2S/c1-15(2,3)13-12(9-17-4)19-14(18-13)10-5-7-11(16)8-6-10/h5-8,17H,9H2,1-4H3. The van der Waals surface area contributed by atoms with Crippen molar-refractivity contribution >= 4 is 22.9 Å².